The summed E-state index contributed by atoms with van der Waals surface area (Å²) in [6, 6.07) is 0. The monoisotopic (exact) mass is 414 g/mol. The molecule has 2 N–H and O–H groups in total. The van der Waals surface area contributed by atoms with Crippen LogP contribution >= 0.6 is 0 Å². The van der Waals surface area contributed by atoms with Gasteiger partial charge in [0, 0.05) is 0 Å². The van der Waals surface area contributed by atoms with E-state index in [4.69, 9.17) is 0 Å². The Hall–Kier alpha value is -0.180. The molecule has 0 aromatic heterocycles. The number of hydrogen-bond donors (Lipinski definition) is 2. The van der Waals surface area contributed by atoms with Crippen molar-refractivity contribution in [3.05, 3.63) is 0 Å². The molecule has 6 nitrogen and oxygen atoms in total. The largest absolute Gasteiger partial charge is 0.285 e. The molecule has 0 saturated heterocycles. The first-order valence-corrected chi connectivity index (χ1v) is 11.9. The smallest absolute Gasteiger partial charge is 0.268 e. The minimum atomic E-state index is -4.29. The van der Waals surface area contributed by atoms with E-state index in [0.717, 1.165) is 0 Å². The van der Waals surface area contributed by atoms with Crippen LogP contribution in [-0.2, 0) is 20.2 Å². The fourth-order valence-corrected chi connectivity index (χ4v) is 8.59. The summed E-state index contributed by atoms with van der Waals surface area (Å²) in [7, 11) is -8.59. The van der Waals surface area contributed by atoms with Gasteiger partial charge in [-0.15, -0.1) is 0 Å². The zero-order valence-electron chi connectivity index (χ0n) is 17.9. The molecule has 0 aliphatic carbocycles. The molecule has 0 aromatic carbocycles. The van der Waals surface area contributed by atoms with Crippen LogP contribution in [0, 0.1) is 21.7 Å². The highest BCUT2D eigenvalue weighted by atomic mass is 32.2. The highest BCUT2D eigenvalue weighted by Gasteiger charge is 2.50. The zero-order chi connectivity index (χ0) is 21.6. The first-order chi connectivity index (χ1) is 10.9. The lowest BCUT2D eigenvalue weighted by Gasteiger charge is -2.45. The van der Waals surface area contributed by atoms with Gasteiger partial charge in [0.25, 0.3) is 20.2 Å². The molecule has 0 saturated carbocycles. The third-order valence-electron chi connectivity index (χ3n) is 5.00. The van der Waals surface area contributed by atoms with Crippen LogP contribution in [-0.4, -0.2) is 36.4 Å². The van der Waals surface area contributed by atoms with E-state index in [1.807, 2.05) is 0 Å². The summed E-state index contributed by atoms with van der Waals surface area (Å²) in [5.74, 6) is 0. The van der Waals surface area contributed by atoms with Gasteiger partial charge >= 0.3 is 0 Å². The SMILES string of the molecule is CC(C)(C)C(C(C)(C)CCC(C)(C)C(C(C)(C)C)S(=O)(=O)O)S(=O)(=O)O. The average Bonchev–Trinajstić information content (AvgIpc) is 2.15. The zero-order valence-corrected chi connectivity index (χ0v) is 19.5. The van der Waals surface area contributed by atoms with E-state index in [2.05, 4.69) is 0 Å². The molecular weight excluding hydrogens is 376 g/mol. The van der Waals surface area contributed by atoms with Gasteiger partial charge in [-0.2, -0.15) is 16.8 Å². The van der Waals surface area contributed by atoms with Crippen LogP contribution in [0.25, 0.3) is 0 Å². The maximum Gasteiger partial charge on any atom is 0.268 e. The molecule has 0 heterocycles. The van der Waals surface area contributed by atoms with Gasteiger partial charge in [-0.3, -0.25) is 9.11 Å². The first-order valence-electron chi connectivity index (χ1n) is 8.87. The Morgan fingerprint density at radius 1 is 0.577 bits per heavy atom. The third kappa shape index (κ3) is 6.77. The molecule has 2 atom stereocenters. The molecule has 0 aromatic rings. The Morgan fingerprint density at radius 2 is 0.769 bits per heavy atom. The lowest BCUT2D eigenvalue weighted by Crippen LogP contribution is -2.48. The van der Waals surface area contributed by atoms with Crippen LogP contribution in [0.1, 0.15) is 82.1 Å². The van der Waals surface area contributed by atoms with Crippen molar-refractivity contribution in [3.8, 4) is 0 Å². The quantitative estimate of drug-likeness (QED) is 0.597. The van der Waals surface area contributed by atoms with Crippen LogP contribution in [0.3, 0.4) is 0 Å². The fourth-order valence-electron chi connectivity index (χ4n) is 4.95. The molecular formula is C18H38O6S2. The minimum absolute atomic E-state index is 0.379. The summed E-state index contributed by atoms with van der Waals surface area (Å²) in [5, 5.41) is -2.01. The van der Waals surface area contributed by atoms with Gasteiger partial charge < -0.3 is 0 Å². The van der Waals surface area contributed by atoms with Crippen molar-refractivity contribution in [2.24, 2.45) is 21.7 Å². The van der Waals surface area contributed by atoms with E-state index in [9.17, 15) is 25.9 Å². The maximum absolute atomic E-state index is 12.0. The topological polar surface area (TPSA) is 109 Å². The molecule has 0 bridgehead atoms. The van der Waals surface area contributed by atoms with Gasteiger partial charge in [0.2, 0.25) is 0 Å². The van der Waals surface area contributed by atoms with Crippen molar-refractivity contribution in [1.82, 2.24) is 0 Å². The first kappa shape index (κ1) is 25.8. The van der Waals surface area contributed by atoms with Gasteiger partial charge in [-0.05, 0) is 34.5 Å². The van der Waals surface area contributed by atoms with E-state index >= 15 is 0 Å². The Bertz CT molecular complexity index is 627. The van der Waals surface area contributed by atoms with Crippen LogP contribution in [0.2, 0.25) is 0 Å². The van der Waals surface area contributed by atoms with Gasteiger partial charge in [-0.1, -0.05) is 69.2 Å². The molecule has 8 heteroatoms. The molecule has 0 fully saturated rings. The molecule has 0 rings (SSSR count). The predicted molar refractivity (Wildman–Crippen MR) is 106 cm³/mol. The van der Waals surface area contributed by atoms with E-state index in [-0.39, 0.29) is 0 Å². The predicted octanol–water partition coefficient (Wildman–Crippen LogP) is 4.42. The van der Waals surface area contributed by atoms with Crippen molar-refractivity contribution < 1.29 is 25.9 Å². The van der Waals surface area contributed by atoms with Crippen molar-refractivity contribution in [2.75, 3.05) is 0 Å². The summed E-state index contributed by atoms with van der Waals surface area (Å²) in [6.07, 6.45) is 0.758. The summed E-state index contributed by atoms with van der Waals surface area (Å²) < 4.78 is 67.6. The molecule has 0 amide bonds. The number of hydrogen-bond acceptors (Lipinski definition) is 4. The van der Waals surface area contributed by atoms with Gasteiger partial charge in [0.15, 0.2) is 0 Å². The Morgan fingerprint density at radius 3 is 0.885 bits per heavy atom. The second-order valence-corrected chi connectivity index (χ2v) is 14.0. The Balaban J connectivity index is 5.86. The molecule has 0 radical (unpaired) electrons. The molecule has 2 unspecified atom stereocenters. The summed E-state index contributed by atoms with van der Waals surface area (Å²) in [4.78, 5) is 0. The highest BCUT2D eigenvalue weighted by molar-refractivity contribution is 7.86. The molecule has 0 aliphatic heterocycles. The Kier molecular flexibility index (Phi) is 7.28. The Labute approximate surface area is 160 Å². The normalized spacial score (nSPS) is 17.8. The molecule has 0 aliphatic rings. The summed E-state index contributed by atoms with van der Waals surface area (Å²) >= 11 is 0. The second-order valence-electron chi connectivity index (χ2n) is 11.0. The van der Waals surface area contributed by atoms with Crippen molar-refractivity contribution >= 4 is 20.2 Å². The lowest BCUT2D eigenvalue weighted by molar-refractivity contribution is 0.137. The van der Waals surface area contributed by atoms with Gasteiger partial charge in [-0.25, -0.2) is 0 Å². The van der Waals surface area contributed by atoms with Crippen molar-refractivity contribution in [3.63, 3.8) is 0 Å². The molecule has 158 valence electrons. The van der Waals surface area contributed by atoms with Crippen molar-refractivity contribution in [2.45, 2.75) is 92.6 Å². The summed E-state index contributed by atoms with van der Waals surface area (Å²) in [5.41, 5.74) is -2.95. The van der Waals surface area contributed by atoms with E-state index in [1.165, 1.54) is 0 Å². The maximum atomic E-state index is 12.0. The van der Waals surface area contributed by atoms with Gasteiger partial charge in [0.1, 0.15) is 0 Å². The van der Waals surface area contributed by atoms with Gasteiger partial charge in [0.05, 0.1) is 10.5 Å². The second kappa shape index (κ2) is 7.33. The fraction of sp³-hybridized carbons (Fsp3) is 1.00. The summed E-state index contributed by atoms with van der Waals surface area (Å²) in [6.45, 7) is 17.6. The van der Waals surface area contributed by atoms with E-state index in [1.54, 1.807) is 69.2 Å². The van der Waals surface area contributed by atoms with Crippen LogP contribution < -0.4 is 0 Å². The average molecular weight is 415 g/mol. The third-order valence-corrected chi connectivity index (χ3v) is 8.88. The van der Waals surface area contributed by atoms with Crippen LogP contribution in [0.4, 0.5) is 0 Å². The van der Waals surface area contributed by atoms with Crippen molar-refractivity contribution in [1.29, 1.82) is 0 Å². The van der Waals surface area contributed by atoms with E-state index in [0.29, 0.717) is 12.8 Å². The van der Waals surface area contributed by atoms with E-state index < -0.39 is 52.4 Å². The molecule has 0 spiro atoms. The number of rotatable bonds is 7. The standard InChI is InChI=1S/C18H38O6S2/c1-15(2,3)13(25(19,20)21)17(7,8)11-12-18(9,10)14(16(4,5)6)26(22,23)24/h13-14H,11-12H2,1-10H3,(H,19,20,21)(H,22,23,24). The lowest BCUT2D eigenvalue weighted by atomic mass is 9.67. The van der Waals surface area contributed by atoms with Crippen LogP contribution in [0.15, 0.2) is 0 Å². The molecule has 26 heavy (non-hydrogen) atoms. The highest BCUT2D eigenvalue weighted by Crippen LogP contribution is 2.47. The van der Waals surface area contributed by atoms with Crippen LogP contribution in [0.5, 0.6) is 0 Å². The minimum Gasteiger partial charge on any atom is -0.285 e.